The Labute approximate surface area is 118 Å². The lowest BCUT2D eigenvalue weighted by atomic mass is 10.2. The van der Waals surface area contributed by atoms with E-state index in [1.54, 1.807) is 0 Å². The zero-order valence-electron chi connectivity index (χ0n) is 11.8. The first kappa shape index (κ1) is 13.2. The van der Waals surface area contributed by atoms with E-state index in [2.05, 4.69) is 27.6 Å². The molecule has 2 aromatic rings. The molecular weight excluding hydrogens is 254 g/mol. The molecule has 1 aromatic carbocycles. The van der Waals surface area contributed by atoms with Gasteiger partial charge in [-0.3, -0.25) is 0 Å². The van der Waals surface area contributed by atoms with E-state index in [1.165, 1.54) is 25.7 Å². The lowest BCUT2D eigenvalue weighted by Crippen LogP contribution is -2.33. The van der Waals surface area contributed by atoms with Gasteiger partial charge in [0.2, 0.25) is 0 Å². The Hall–Kier alpha value is -1.82. The topological polar surface area (TPSA) is 80.2 Å². The van der Waals surface area contributed by atoms with Gasteiger partial charge in [0, 0.05) is 19.1 Å². The Bertz CT molecular complexity index is 576. The first-order valence-electron chi connectivity index (χ1n) is 7.20. The molecule has 1 heterocycles. The van der Waals surface area contributed by atoms with Crippen LogP contribution in [0.25, 0.3) is 11.0 Å². The van der Waals surface area contributed by atoms with Crippen molar-refractivity contribution in [3.63, 3.8) is 0 Å². The number of hydrogen-bond acceptors (Lipinski definition) is 6. The van der Waals surface area contributed by atoms with E-state index in [1.807, 2.05) is 12.1 Å². The minimum atomic E-state index is 0.592. The summed E-state index contributed by atoms with van der Waals surface area (Å²) in [4.78, 5) is 2.44. The highest BCUT2D eigenvalue weighted by Crippen LogP contribution is 2.25. The van der Waals surface area contributed by atoms with Crippen LogP contribution >= 0.6 is 0 Å². The van der Waals surface area contributed by atoms with Crippen LogP contribution in [0.5, 0.6) is 0 Å². The Morgan fingerprint density at radius 1 is 1.30 bits per heavy atom. The van der Waals surface area contributed by atoms with Gasteiger partial charge in [0.25, 0.3) is 0 Å². The van der Waals surface area contributed by atoms with Crippen molar-refractivity contribution in [2.45, 2.75) is 31.7 Å². The standard InChI is InChI=1S/C14H21N5O/c1-19(10-4-2-3-5-10)9-8-16-12-7-6-11(15)13-14(12)18-20-17-13/h6-7,10,16H,2-5,8-9,15H2,1H3. The molecule has 0 unspecified atom stereocenters. The van der Waals surface area contributed by atoms with E-state index in [-0.39, 0.29) is 0 Å². The van der Waals surface area contributed by atoms with Crippen molar-refractivity contribution in [3.05, 3.63) is 12.1 Å². The molecule has 108 valence electrons. The lowest BCUT2D eigenvalue weighted by molar-refractivity contribution is 0.254. The summed E-state index contributed by atoms with van der Waals surface area (Å²) in [7, 11) is 2.20. The fourth-order valence-corrected chi connectivity index (χ4v) is 2.92. The smallest absolute Gasteiger partial charge is 0.160 e. The third-order valence-electron chi connectivity index (χ3n) is 4.17. The number of benzene rings is 1. The summed E-state index contributed by atoms with van der Waals surface area (Å²) in [5, 5.41) is 11.1. The van der Waals surface area contributed by atoms with Crippen molar-refractivity contribution in [1.82, 2.24) is 15.2 Å². The van der Waals surface area contributed by atoms with Gasteiger partial charge in [-0.2, -0.15) is 0 Å². The third kappa shape index (κ3) is 2.56. The minimum Gasteiger partial charge on any atom is -0.397 e. The molecule has 0 atom stereocenters. The highest BCUT2D eigenvalue weighted by molar-refractivity contribution is 5.94. The van der Waals surface area contributed by atoms with Crippen molar-refractivity contribution in [3.8, 4) is 0 Å². The summed E-state index contributed by atoms with van der Waals surface area (Å²) in [5.74, 6) is 0. The molecular formula is C14H21N5O. The van der Waals surface area contributed by atoms with E-state index in [4.69, 9.17) is 10.4 Å². The van der Waals surface area contributed by atoms with Crippen LogP contribution in [0.1, 0.15) is 25.7 Å². The number of anilines is 2. The van der Waals surface area contributed by atoms with Crippen molar-refractivity contribution in [2.24, 2.45) is 0 Å². The molecule has 20 heavy (non-hydrogen) atoms. The predicted molar refractivity (Wildman–Crippen MR) is 79.6 cm³/mol. The summed E-state index contributed by atoms with van der Waals surface area (Å²) in [6, 6.07) is 4.50. The zero-order valence-corrected chi connectivity index (χ0v) is 11.8. The van der Waals surface area contributed by atoms with Crippen LogP contribution in [-0.2, 0) is 0 Å². The molecule has 1 aliphatic rings. The molecule has 3 rings (SSSR count). The second kappa shape index (κ2) is 5.66. The largest absolute Gasteiger partial charge is 0.397 e. The van der Waals surface area contributed by atoms with Crippen LogP contribution in [0.4, 0.5) is 11.4 Å². The van der Waals surface area contributed by atoms with E-state index in [0.717, 1.165) is 24.8 Å². The van der Waals surface area contributed by atoms with Gasteiger partial charge in [-0.25, -0.2) is 4.63 Å². The van der Waals surface area contributed by atoms with Crippen LogP contribution in [0, 0.1) is 0 Å². The summed E-state index contributed by atoms with van der Waals surface area (Å²) in [5.41, 5.74) is 8.68. The Morgan fingerprint density at radius 2 is 2.05 bits per heavy atom. The number of hydrogen-bond donors (Lipinski definition) is 2. The SMILES string of the molecule is CN(CCNc1ccc(N)c2nonc12)C1CCCC1. The van der Waals surface area contributed by atoms with Gasteiger partial charge in [-0.1, -0.05) is 12.8 Å². The summed E-state index contributed by atoms with van der Waals surface area (Å²) < 4.78 is 4.76. The number of nitrogens with one attached hydrogen (secondary N) is 1. The van der Waals surface area contributed by atoms with Crippen LogP contribution in [0.3, 0.4) is 0 Å². The lowest BCUT2D eigenvalue weighted by Gasteiger charge is -2.24. The van der Waals surface area contributed by atoms with E-state index in [0.29, 0.717) is 16.7 Å². The second-order valence-corrected chi connectivity index (χ2v) is 5.51. The first-order chi connectivity index (χ1) is 9.75. The maximum atomic E-state index is 5.83. The highest BCUT2D eigenvalue weighted by atomic mass is 16.6. The Morgan fingerprint density at radius 3 is 2.85 bits per heavy atom. The van der Waals surface area contributed by atoms with Crippen molar-refractivity contribution in [1.29, 1.82) is 0 Å². The highest BCUT2D eigenvalue weighted by Gasteiger charge is 2.19. The summed E-state index contributed by atoms with van der Waals surface area (Å²) in [6.07, 6.45) is 5.39. The maximum Gasteiger partial charge on any atom is 0.160 e. The summed E-state index contributed by atoms with van der Waals surface area (Å²) >= 11 is 0. The van der Waals surface area contributed by atoms with Gasteiger partial charge in [0.1, 0.15) is 0 Å². The number of nitrogen functional groups attached to an aromatic ring is 1. The van der Waals surface area contributed by atoms with Crippen molar-refractivity contribution >= 4 is 22.4 Å². The van der Waals surface area contributed by atoms with Crippen molar-refractivity contribution < 1.29 is 4.63 Å². The molecule has 1 aromatic heterocycles. The second-order valence-electron chi connectivity index (χ2n) is 5.51. The number of nitrogens with zero attached hydrogens (tertiary/aromatic N) is 3. The molecule has 0 aliphatic heterocycles. The average Bonchev–Trinajstić information content (AvgIpc) is 3.12. The van der Waals surface area contributed by atoms with Crippen LogP contribution in [-0.4, -0.2) is 41.4 Å². The predicted octanol–water partition coefficient (Wildman–Crippen LogP) is 2.09. The first-order valence-corrected chi connectivity index (χ1v) is 7.20. The molecule has 6 heteroatoms. The van der Waals surface area contributed by atoms with Gasteiger partial charge >= 0.3 is 0 Å². The number of aromatic nitrogens is 2. The number of fused-ring (bicyclic) bond motifs is 1. The minimum absolute atomic E-state index is 0.592. The van der Waals surface area contributed by atoms with Gasteiger partial charge < -0.3 is 16.0 Å². The average molecular weight is 275 g/mol. The van der Waals surface area contributed by atoms with Gasteiger partial charge in [0.15, 0.2) is 11.0 Å². The van der Waals surface area contributed by atoms with Gasteiger partial charge in [0.05, 0.1) is 11.4 Å². The third-order valence-corrected chi connectivity index (χ3v) is 4.17. The monoisotopic (exact) mass is 275 g/mol. The molecule has 1 saturated carbocycles. The quantitative estimate of drug-likeness (QED) is 0.813. The maximum absolute atomic E-state index is 5.83. The number of rotatable bonds is 5. The van der Waals surface area contributed by atoms with E-state index in [9.17, 15) is 0 Å². The number of nitrogens with two attached hydrogens (primary N) is 1. The molecule has 3 N–H and O–H groups in total. The molecule has 1 aliphatic carbocycles. The van der Waals surface area contributed by atoms with Gasteiger partial charge in [-0.05, 0) is 42.3 Å². The van der Waals surface area contributed by atoms with Crippen molar-refractivity contribution in [2.75, 3.05) is 31.2 Å². The molecule has 0 radical (unpaired) electrons. The fraction of sp³-hybridized carbons (Fsp3) is 0.571. The number of likely N-dealkylation sites (N-methyl/N-ethyl adjacent to an activating group) is 1. The van der Waals surface area contributed by atoms with Crippen LogP contribution < -0.4 is 11.1 Å². The van der Waals surface area contributed by atoms with E-state index >= 15 is 0 Å². The Kier molecular flexibility index (Phi) is 3.73. The summed E-state index contributed by atoms with van der Waals surface area (Å²) in [6.45, 7) is 1.89. The molecule has 6 nitrogen and oxygen atoms in total. The molecule has 1 fully saturated rings. The van der Waals surface area contributed by atoms with E-state index < -0.39 is 0 Å². The normalized spacial score (nSPS) is 16.3. The van der Waals surface area contributed by atoms with Crippen LogP contribution in [0.2, 0.25) is 0 Å². The molecule has 0 bridgehead atoms. The fourth-order valence-electron chi connectivity index (χ4n) is 2.92. The van der Waals surface area contributed by atoms with Crippen LogP contribution in [0.15, 0.2) is 16.8 Å². The molecule has 0 saturated heterocycles. The Balaban J connectivity index is 1.60. The van der Waals surface area contributed by atoms with Gasteiger partial charge in [-0.15, -0.1) is 0 Å². The molecule has 0 spiro atoms. The zero-order chi connectivity index (χ0) is 13.9. The molecule has 0 amide bonds.